The molecule has 1 unspecified atom stereocenters. The third-order valence-corrected chi connectivity index (χ3v) is 26.5. The standard InChI is InChI=1S/C72H13NO3/c1-2-76-70(75)68-72-66-60-54-44-32-24-16-12-10-11-14-18(16)26(32)36-30-22(14)23-15(11)19-17-13(10)21-20(12)28-34(24)42-48-38(28)39-29(21)35-25(17)33-27(19)37-31(23)41-40(30)52(46(36)54)62(66)63-53(41)47(37)55-45(33)51-43(35)49(39)57-56(48)64(58(60)50(42)44)71(72,65(57)59(51)61(55)67(63)72)8-73(68)69(74)9-6-4-3-5-7-9/h3-7,68H,2,8H2,1H3. The van der Waals surface area contributed by atoms with Crippen molar-refractivity contribution in [3.8, 4) is 0 Å². The monoisotopic (exact) mass is 939 g/mol. The quantitative estimate of drug-likeness (QED) is 0.131. The maximum atomic E-state index is 16.5. The van der Waals surface area contributed by atoms with Crippen LogP contribution < -0.4 is 0 Å². The molecule has 2 spiro atoms. The van der Waals surface area contributed by atoms with Crippen molar-refractivity contribution < 1.29 is 14.3 Å². The van der Waals surface area contributed by atoms with Crippen molar-refractivity contribution in [1.29, 1.82) is 0 Å². The molecule has 0 radical (unpaired) electrons. The zero-order chi connectivity index (χ0) is 46.0. The minimum absolute atomic E-state index is 0.0603. The zero-order valence-corrected chi connectivity index (χ0v) is 39.1. The fraction of sp³-hybridized carbons (Fsp3) is 0.0833. The lowest BCUT2D eigenvalue weighted by molar-refractivity contribution is -0.149. The molecule has 1 amide bonds. The zero-order valence-electron chi connectivity index (χ0n) is 39.1. The lowest BCUT2D eigenvalue weighted by Crippen LogP contribution is -2.57. The maximum Gasteiger partial charge on any atom is 0.330 e. The molecule has 4 heteroatoms. The number of hydrogen-bond acceptors (Lipinski definition) is 3. The summed E-state index contributed by atoms with van der Waals surface area (Å²) in [7, 11) is 0. The van der Waals surface area contributed by atoms with Crippen molar-refractivity contribution in [3.63, 3.8) is 0 Å². The van der Waals surface area contributed by atoms with Crippen LogP contribution in [-0.2, 0) is 20.4 Å². The number of carbonyl (C=O) groups is 2. The van der Waals surface area contributed by atoms with E-state index in [4.69, 9.17) is 4.74 Å². The van der Waals surface area contributed by atoms with Gasteiger partial charge in [-0.1, -0.05) is 18.2 Å². The Morgan fingerprint density at radius 1 is 0.355 bits per heavy atom. The van der Waals surface area contributed by atoms with Crippen molar-refractivity contribution in [2.24, 2.45) is 0 Å². The van der Waals surface area contributed by atoms with E-state index in [9.17, 15) is 0 Å². The highest BCUT2D eigenvalue weighted by Gasteiger charge is 2.78. The summed E-state index contributed by atoms with van der Waals surface area (Å²) in [6, 6.07) is 9.07. The van der Waals surface area contributed by atoms with Gasteiger partial charge in [-0.2, -0.15) is 0 Å². The second-order valence-corrected chi connectivity index (χ2v) is 26.9. The Hall–Kier alpha value is -9.38. The first-order valence-electron chi connectivity index (χ1n) is 28.0. The van der Waals surface area contributed by atoms with Crippen molar-refractivity contribution >= 4 is 303 Å². The summed E-state index contributed by atoms with van der Waals surface area (Å²) in [5.74, 6) is -0.309. The van der Waals surface area contributed by atoms with E-state index in [1.165, 1.54) is 195 Å². The average Bonchev–Trinajstić information content (AvgIpc) is 1.92. The maximum absolute atomic E-state index is 16.5. The molecular formula is C72H13NO3. The summed E-state index contributed by atoms with van der Waals surface area (Å²) in [4.78, 5) is 35.0. The van der Waals surface area contributed by atoms with Crippen LogP contribution >= 0.6 is 0 Å². The Bertz CT molecular complexity index is 7470. The molecule has 29 aromatic carbocycles. The molecule has 4 aliphatic carbocycles. The molecule has 1 atom stereocenters. The number of likely N-dealkylation sites (tertiary alicyclic amines) is 1. The van der Waals surface area contributed by atoms with Crippen LogP contribution in [0.2, 0.25) is 0 Å². The number of benzene rings is 19. The molecule has 1 fully saturated rings. The van der Waals surface area contributed by atoms with Crippen LogP contribution in [0, 0.1) is 0 Å². The minimum atomic E-state index is -0.949. The van der Waals surface area contributed by atoms with E-state index in [-0.39, 0.29) is 18.5 Å². The van der Waals surface area contributed by atoms with Crippen molar-refractivity contribution in [2.75, 3.05) is 13.2 Å². The van der Waals surface area contributed by atoms with E-state index in [1.54, 1.807) is 118 Å². The Morgan fingerprint density at radius 3 is 0.816 bits per heavy atom. The minimum Gasteiger partial charge on any atom is -0.464 e. The van der Waals surface area contributed by atoms with E-state index < -0.39 is 16.9 Å². The highest BCUT2D eigenvalue weighted by Crippen LogP contribution is 2.86. The van der Waals surface area contributed by atoms with E-state index in [2.05, 4.69) is 4.90 Å². The van der Waals surface area contributed by atoms with Gasteiger partial charge in [-0.25, -0.2) is 4.79 Å². The molecule has 0 N–H and O–H groups in total. The topological polar surface area (TPSA) is 46.6 Å². The Balaban J connectivity index is 1.10. The van der Waals surface area contributed by atoms with Gasteiger partial charge in [0.15, 0.2) is 0 Å². The van der Waals surface area contributed by atoms with E-state index in [1.807, 2.05) is 37.3 Å². The molecule has 0 aromatic heterocycles. The number of esters is 1. The molecule has 1 saturated heterocycles. The summed E-state index contributed by atoms with van der Waals surface area (Å²) in [5.41, 5.74) is 4.60. The highest BCUT2D eigenvalue weighted by molar-refractivity contribution is 6.82. The van der Waals surface area contributed by atoms with Gasteiger partial charge in [-0.05, 0) is 332 Å². The van der Waals surface area contributed by atoms with Crippen molar-refractivity contribution in [1.82, 2.24) is 4.90 Å². The largest absolute Gasteiger partial charge is 0.464 e. The molecule has 1 aliphatic heterocycles. The number of carbonyl (C=O) groups excluding carboxylic acids is 2. The molecule has 324 valence electrons. The Morgan fingerprint density at radius 2 is 0.579 bits per heavy atom. The van der Waals surface area contributed by atoms with Crippen molar-refractivity contribution in [2.45, 2.75) is 23.8 Å². The van der Waals surface area contributed by atoms with Crippen LogP contribution in [-0.4, -0.2) is 36.0 Å². The van der Waals surface area contributed by atoms with Gasteiger partial charge in [0.2, 0.25) is 0 Å². The van der Waals surface area contributed by atoms with E-state index in [0.29, 0.717) is 12.1 Å². The van der Waals surface area contributed by atoms with Gasteiger partial charge in [0, 0.05) is 12.1 Å². The summed E-state index contributed by atoms with van der Waals surface area (Å²) in [5, 5.41) is 82.4. The van der Waals surface area contributed by atoms with Gasteiger partial charge in [0.1, 0.15) is 6.04 Å². The molecule has 76 heavy (non-hydrogen) atoms. The Labute approximate surface area is 414 Å². The summed E-state index contributed by atoms with van der Waals surface area (Å²) < 4.78 is 6.65. The smallest absolute Gasteiger partial charge is 0.330 e. The lowest BCUT2D eigenvalue weighted by atomic mass is 9.48. The van der Waals surface area contributed by atoms with Gasteiger partial charge in [-0.3, -0.25) is 4.79 Å². The second kappa shape index (κ2) is 6.88. The van der Waals surface area contributed by atoms with Crippen LogP contribution in [0.4, 0.5) is 0 Å². The predicted molar refractivity (Wildman–Crippen MR) is 312 cm³/mol. The third-order valence-electron chi connectivity index (χ3n) is 26.5. The fourth-order valence-electron chi connectivity index (χ4n) is 26.3. The van der Waals surface area contributed by atoms with Gasteiger partial charge < -0.3 is 9.64 Å². The molecule has 34 rings (SSSR count). The fourth-order valence-corrected chi connectivity index (χ4v) is 26.3. The molecule has 5 aliphatic rings. The molecule has 29 aromatic rings. The van der Waals surface area contributed by atoms with Crippen molar-refractivity contribution in [3.05, 3.63) is 58.1 Å². The molecule has 1 heterocycles. The summed E-state index contributed by atoms with van der Waals surface area (Å²) in [6.45, 7) is 2.65. The first kappa shape index (κ1) is 29.5. The molecule has 4 nitrogen and oxygen atoms in total. The molecular weight excluding hydrogens is 927 g/mol. The number of ether oxygens (including phenoxy) is 1. The number of rotatable bonds is 3. The van der Waals surface area contributed by atoms with Gasteiger partial charge in [0.05, 0.1) is 17.4 Å². The van der Waals surface area contributed by atoms with Crippen LogP contribution in [0.25, 0.3) is 291 Å². The van der Waals surface area contributed by atoms with E-state index >= 15 is 9.59 Å². The first-order valence-corrected chi connectivity index (χ1v) is 28.0. The molecule has 0 saturated carbocycles. The second-order valence-electron chi connectivity index (χ2n) is 26.9. The lowest BCUT2D eigenvalue weighted by Gasteiger charge is -2.50. The van der Waals surface area contributed by atoms with Gasteiger partial charge >= 0.3 is 5.97 Å². The highest BCUT2D eigenvalue weighted by atomic mass is 16.5. The average molecular weight is 940 g/mol. The normalized spacial score (nSPS) is 22.6. The van der Waals surface area contributed by atoms with Gasteiger partial charge in [0.25, 0.3) is 5.91 Å². The van der Waals surface area contributed by atoms with Gasteiger partial charge in [-0.15, -0.1) is 0 Å². The van der Waals surface area contributed by atoms with E-state index in [0.717, 1.165) is 0 Å². The van der Waals surface area contributed by atoms with Crippen LogP contribution in [0.1, 0.15) is 39.5 Å². The summed E-state index contributed by atoms with van der Waals surface area (Å²) >= 11 is 0. The predicted octanol–water partition coefficient (Wildman–Crippen LogP) is 17.4. The number of hydrogen-bond donors (Lipinski definition) is 0. The first-order chi connectivity index (χ1) is 37.7. The number of amides is 1. The Kier molecular flexibility index (Phi) is 2.67. The van der Waals surface area contributed by atoms with Crippen LogP contribution in [0.15, 0.2) is 30.3 Å². The SMILES string of the molecule is CCOC(=O)C1N(C(=O)c2ccccc2)CC23c4c5c6c7c8c9c(c%10c%11c2c2c4c4c%12c5c5c6c6c8c8c%13c9c9c%10c%10c%11c%11c2c2c4c4c%12c%12c5c5c6c8c6c8c%13c9c9c%10c%10c%11c2c2c4c4c%12c5c6c5c8c9c%10c2c45)C713. The van der Waals surface area contributed by atoms with Crippen LogP contribution in [0.5, 0.6) is 0 Å². The van der Waals surface area contributed by atoms with Crippen LogP contribution in [0.3, 0.4) is 0 Å². The number of nitrogens with zero attached hydrogens (tertiary/aromatic N) is 1. The third kappa shape index (κ3) is 1.62. The summed E-state index contributed by atoms with van der Waals surface area (Å²) in [6.07, 6.45) is 0. The molecule has 0 bridgehead atoms.